The lowest BCUT2D eigenvalue weighted by Crippen LogP contribution is -2.11. The first kappa shape index (κ1) is 26.4. The van der Waals surface area contributed by atoms with Crippen LogP contribution in [0.15, 0.2) is 66.7 Å². The molecule has 0 saturated carbocycles. The first-order valence-corrected chi connectivity index (χ1v) is 12.4. The minimum atomic E-state index is -0.755. The summed E-state index contributed by atoms with van der Waals surface area (Å²) in [5.41, 5.74) is 5.34. The molecule has 5 heteroatoms. The molecule has 0 aliphatic carbocycles. The Morgan fingerprint density at radius 3 is 2.31 bits per heavy atom. The van der Waals surface area contributed by atoms with E-state index in [2.05, 4.69) is 23.1 Å². The van der Waals surface area contributed by atoms with E-state index in [1.807, 2.05) is 44.4 Å². The summed E-state index contributed by atoms with van der Waals surface area (Å²) < 4.78 is 19.8. The van der Waals surface area contributed by atoms with Crippen molar-refractivity contribution < 1.29 is 19.0 Å². The van der Waals surface area contributed by atoms with Gasteiger partial charge in [-0.1, -0.05) is 49.2 Å². The molecule has 35 heavy (non-hydrogen) atoms. The van der Waals surface area contributed by atoms with Crippen molar-refractivity contribution in [2.75, 3.05) is 20.7 Å². The predicted molar refractivity (Wildman–Crippen MR) is 139 cm³/mol. The molecule has 0 fully saturated rings. The highest BCUT2D eigenvalue weighted by Gasteiger charge is 2.08. The number of halogens is 1. The number of ether oxygens (including phenoxy) is 1. The van der Waals surface area contributed by atoms with Crippen LogP contribution in [0.5, 0.6) is 5.75 Å². The molecule has 0 aliphatic rings. The molecule has 3 rings (SSSR count). The fourth-order valence-corrected chi connectivity index (χ4v) is 4.28. The zero-order valence-corrected chi connectivity index (χ0v) is 20.8. The number of unbranched alkanes of at least 4 members (excludes halogenated alkanes) is 3. The smallest absolute Gasteiger partial charge is 0.303 e. The third-order valence-electron chi connectivity index (χ3n) is 5.96. The van der Waals surface area contributed by atoms with Gasteiger partial charge < -0.3 is 14.7 Å². The van der Waals surface area contributed by atoms with Crippen LogP contribution in [-0.2, 0) is 24.2 Å². The third kappa shape index (κ3) is 9.18. The van der Waals surface area contributed by atoms with Gasteiger partial charge in [0, 0.05) is 13.0 Å². The van der Waals surface area contributed by atoms with E-state index in [1.165, 1.54) is 11.6 Å². The van der Waals surface area contributed by atoms with Crippen LogP contribution >= 0.6 is 0 Å². The predicted octanol–water partition coefficient (Wildman–Crippen LogP) is 6.75. The summed E-state index contributed by atoms with van der Waals surface area (Å²) in [7, 11) is 4.06. The Hall–Kier alpha value is -3.18. The first-order chi connectivity index (χ1) is 16.9. The third-order valence-corrected chi connectivity index (χ3v) is 5.96. The molecule has 0 saturated heterocycles. The van der Waals surface area contributed by atoms with E-state index in [-0.39, 0.29) is 12.2 Å². The normalized spacial score (nSPS) is 11.1. The SMILES string of the molecule is CN(C)Cc1cc(OCCCCCCc2ccccc2CCC(=O)O)cc(-c2cccc(F)c2)c1. The Balaban J connectivity index is 1.48. The van der Waals surface area contributed by atoms with E-state index >= 15 is 0 Å². The molecule has 0 aliphatic heterocycles. The van der Waals surface area contributed by atoms with Gasteiger partial charge in [0.1, 0.15) is 11.6 Å². The summed E-state index contributed by atoms with van der Waals surface area (Å²) >= 11 is 0. The van der Waals surface area contributed by atoms with Crippen LogP contribution in [0.25, 0.3) is 11.1 Å². The Bertz CT molecular complexity index is 1100. The van der Waals surface area contributed by atoms with Gasteiger partial charge in [0.2, 0.25) is 0 Å². The number of hydrogen-bond acceptors (Lipinski definition) is 3. The lowest BCUT2D eigenvalue weighted by Gasteiger charge is -2.15. The van der Waals surface area contributed by atoms with Crippen molar-refractivity contribution in [1.82, 2.24) is 4.90 Å². The Kier molecular flexibility index (Phi) is 10.3. The van der Waals surface area contributed by atoms with Crippen LogP contribution in [0.3, 0.4) is 0 Å². The standard InChI is InChI=1S/C30H36FNO3/c1-32(2)22-23-18-27(26-13-9-14-28(31)20-26)21-29(19-23)35-17-8-4-3-5-10-24-11-6-7-12-25(24)15-16-30(33)34/h6-7,9,11-14,18-21H,3-5,8,10,15-17,22H2,1-2H3,(H,33,34). The Morgan fingerprint density at radius 2 is 1.60 bits per heavy atom. The lowest BCUT2D eigenvalue weighted by molar-refractivity contribution is -0.136. The van der Waals surface area contributed by atoms with Crippen LogP contribution in [-0.4, -0.2) is 36.7 Å². The second kappa shape index (κ2) is 13.6. The van der Waals surface area contributed by atoms with Crippen molar-refractivity contribution in [1.29, 1.82) is 0 Å². The molecule has 0 radical (unpaired) electrons. The molecule has 0 unspecified atom stereocenters. The van der Waals surface area contributed by atoms with E-state index in [1.54, 1.807) is 12.1 Å². The van der Waals surface area contributed by atoms with Crippen molar-refractivity contribution in [3.05, 3.63) is 89.2 Å². The number of hydrogen-bond donors (Lipinski definition) is 1. The van der Waals surface area contributed by atoms with Crippen molar-refractivity contribution in [3.63, 3.8) is 0 Å². The molecule has 3 aromatic rings. The van der Waals surface area contributed by atoms with Crippen LogP contribution < -0.4 is 4.74 Å². The van der Waals surface area contributed by atoms with Crippen molar-refractivity contribution in [3.8, 4) is 16.9 Å². The van der Waals surface area contributed by atoms with Gasteiger partial charge in [0.25, 0.3) is 0 Å². The van der Waals surface area contributed by atoms with Gasteiger partial charge in [-0.15, -0.1) is 0 Å². The molecule has 186 valence electrons. The fourth-order valence-electron chi connectivity index (χ4n) is 4.28. The largest absolute Gasteiger partial charge is 0.494 e. The maximum absolute atomic E-state index is 13.8. The van der Waals surface area contributed by atoms with Crippen LogP contribution in [0.4, 0.5) is 4.39 Å². The van der Waals surface area contributed by atoms with Crippen LogP contribution in [0.1, 0.15) is 48.8 Å². The highest BCUT2D eigenvalue weighted by atomic mass is 19.1. The molecule has 0 heterocycles. The number of rotatable bonds is 14. The summed E-state index contributed by atoms with van der Waals surface area (Å²) in [6, 6.07) is 21.0. The van der Waals surface area contributed by atoms with Crippen LogP contribution in [0.2, 0.25) is 0 Å². The summed E-state index contributed by atoms with van der Waals surface area (Å²) in [5.74, 6) is -0.182. The number of carboxylic acids is 1. The summed E-state index contributed by atoms with van der Waals surface area (Å²) in [6.07, 6.45) is 5.95. The van der Waals surface area contributed by atoms with E-state index < -0.39 is 5.97 Å². The van der Waals surface area contributed by atoms with E-state index in [0.717, 1.165) is 66.7 Å². The summed E-state index contributed by atoms with van der Waals surface area (Å²) in [4.78, 5) is 13.0. The van der Waals surface area contributed by atoms with Crippen molar-refractivity contribution in [2.45, 2.75) is 51.5 Å². The minimum Gasteiger partial charge on any atom is -0.494 e. The first-order valence-electron chi connectivity index (χ1n) is 12.4. The zero-order valence-electron chi connectivity index (χ0n) is 20.8. The molecule has 0 atom stereocenters. The molecule has 3 aromatic carbocycles. The Morgan fingerprint density at radius 1 is 0.857 bits per heavy atom. The molecular weight excluding hydrogens is 441 g/mol. The molecule has 0 amide bonds. The van der Waals surface area contributed by atoms with Crippen LogP contribution in [0, 0.1) is 5.82 Å². The summed E-state index contributed by atoms with van der Waals surface area (Å²) in [6.45, 7) is 1.43. The fraction of sp³-hybridized carbons (Fsp3) is 0.367. The van der Waals surface area contributed by atoms with Gasteiger partial charge in [-0.25, -0.2) is 4.39 Å². The van der Waals surface area contributed by atoms with E-state index in [9.17, 15) is 9.18 Å². The monoisotopic (exact) mass is 477 g/mol. The van der Waals surface area contributed by atoms with Gasteiger partial charge in [-0.2, -0.15) is 0 Å². The highest BCUT2D eigenvalue weighted by molar-refractivity contribution is 5.67. The van der Waals surface area contributed by atoms with E-state index in [4.69, 9.17) is 9.84 Å². The Labute approximate surface area is 208 Å². The highest BCUT2D eigenvalue weighted by Crippen LogP contribution is 2.27. The lowest BCUT2D eigenvalue weighted by atomic mass is 9.98. The van der Waals surface area contributed by atoms with E-state index in [0.29, 0.717) is 13.0 Å². The molecule has 0 aromatic heterocycles. The quantitative estimate of drug-likeness (QED) is 0.261. The number of carboxylic acid groups (broad SMARTS) is 1. The molecule has 4 nitrogen and oxygen atoms in total. The molecule has 0 bridgehead atoms. The maximum Gasteiger partial charge on any atom is 0.303 e. The summed E-state index contributed by atoms with van der Waals surface area (Å²) in [5, 5.41) is 8.95. The van der Waals surface area contributed by atoms with Gasteiger partial charge in [0.15, 0.2) is 0 Å². The average Bonchev–Trinajstić information content (AvgIpc) is 2.82. The number of aryl methyl sites for hydroxylation is 2. The molecule has 1 N–H and O–H groups in total. The van der Waals surface area contributed by atoms with Gasteiger partial charge in [-0.05, 0) is 97.9 Å². The van der Waals surface area contributed by atoms with Gasteiger partial charge in [0.05, 0.1) is 6.61 Å². The topological polar surface area (TPSA) is 49.8 Å². The van der Waals surface area contributed by atoms with Gasteiger partial charge in [-0.3, -0.25) is 4.79 Å². The number of carbonyl (C=O) groups is 1. The zero-order chi connectivity index (χ0) is 25.0. The number of benzene rings is 3. The number of nitrogens with zero attached hydrogens (tertiary/aromatic N) is 1. The molecular formula is C30H36FNO3. The van der Waals surface area contributed by atoms with Crippen molar-refractivity contribution >= 4 is 5.97 Å². The number of aliphatic carboxylic acids is 1. The maximum atomic E-state index is 13.8. The second-order valence-corrected chi connectivity index (χ2v) is 9.29. The van der Waals surface area contributed by atoms with Gasteiger partial charge >= 0.3 is 5.97 Å². The van der Waals surface area contributed by atoms with Crippen molar-refractivity contribution in [2.24, 2.45) is 0 Å². The average molecular weight is 478 g/mol. The second-order valence-electron chi connectivity index (χ2n) is 9.29. The minimum absolute atomic E-state index is 0.172. The molecule has 0 spiro atoms.